The molecule has 0 saturated heterocycles. The predicted molar refractivity (Wildman–Crippen MR) is 54.1 cm³/mol. The molecular weight excluding hydrogens is 192 g/mol. The van der Waals surface area contributed by atoms with Gasteiger partial charge in [-0.15, -0.1) is 0 Å². The molecular formula is C10H12N4O. The number of nitrogens with zero attached hydrogens (tertiary/aromatic N) is 3. The Morgan fingerprint density at radius 3 is 3.13 bits per heavy atom. The molecule has 0 aliphatic rings. The summed E-state index contributed by atoms with van der Waals surface area (Å²) >= 11 is 0. The number of aromatic nitrogens is 3. The first-order valence-corrected chi connectivity index (χ1v) is 4.73. The van der Waals surface area contributed by atoms with Gasteiger partial charge in [-0.25, -0.2) is 0 Å². The molecule has 0 aliphatic carbocycles. The third-order valence-electron chi connectivity index (χ3n) is 1.92. The molecule has 0 unspecified atom stereocenters. The Morgan fingerprint density at radius 1 is 1.47 bits per heavy atom. The van der Waals surface area contributed by atoms with Crippen LogP contribution in [-0.4, -0.2) is 22.2 Å². The van der Waals surface area contributed by atoms with Crippen molar-refractivity contribution in [3.05, 3.63) is 41.8 Å². The van der Waals surface area contributed by atoms with Gasteiger partial charge in [-0.2, -0.15) is 4.98 Å². The van der Waals surface area contributed by atoms with E-state index in [0.717, 1.165) is 5.56 Å². The van der Waals surface area contributed by atoms with Crippen molar-refractivity contribution in [2.45, 2.75) is 13.0 Å². The summed E-state index contributed by atoms with van der Waals surface area (Å²) < 4.78 is 5.03. The molecule has 0 atom stereocenters. The van der Waals surface area contributed by atoms with Crippen LogP contribution in [0.15, 0.2) is 29.0 Å². The molecule has 2 heterocycles. The van der Waals surface area contributed by atoms with Gasteiger partial charge in [-0.3, -0.25) is 4.98 Å². The van der Waals surface area contributed by atoms with Crippen molar-refractivity contribution < 1.29 is 4.52 Å². The summed E-state index contributed by atoms with van der Waals surface area (Å²) in [6.07, 6.45) is 4.20. The third kappa shape index (κ3) is 2.60. The summed E-state index contributed by atoms with van der Waals surface area (Å²) in [6, 6.07) is 3.88. The molecule has 2 aromatic rings. The van der Waals surface area contributed by atoms with E-state index in [1.54, 1.807) is 12.4 Å². The number of nitrogens with one attached hydrogen (secondary N) is 1. The van der Waals surface area contributed by atoms with Gasteiger partial charge in [0.05, 0.1) is 6.54 Å². The van der Waals surface area contributed by atoms with Crippen LogP contribution in [0.2, 0.25) is 0 Å². The number of hydrogen-bond donors (Lipinski definition) is 1. The molecule has 0 aromatic carbocycles. The van der Waals surface area contributed by atoms with E-state index in [1.165, 1.54) is 0 Å². The normalized spacial score (nSPS) is 10.5. The average molecular weight is 204 g/mol. The largest absolute Gasteiger partial charge is 0.338 e. The lowest BCUT2D eigenvalue weighted by molar-refractivity contribution is 0.367. The van der Waals surface area contributed by atoms with E-state index in [2.05, 4.69) is 20.4 Å². The van der Waals surface area contributed by atoms with Crippen LogP contribution in [0.3, 0.4) is 0 Å². The minimum atomic E-state index is 0.597. The molecule has 0 spiro atoms. The fourth-order valence-electron chi connectivity index (χ4n) is 1.27. The van der Waals surface area contributed by atoms with Crippen molar-refractivity contribution in [2.24, 2.45) is 0 Å². The van der Waals surface area contributed by atoms with Crippen molar-refractivity contribution in [2.75, 3.05) is 7.05 Å². The Labute approximate surface area is 87.5 Å². The standard InChI is InChI=1S/C10H12N4O/c1-11-7-10-13-9(14-15-10)5-8-3-2-4-12-6-8/h2-4,6,11H,5,7H2,1H3. The number of hydrogen-bond acceptors (Lipinski definition) is 5. The van der Waals surface area contributed by atoms with E-state index in [-0.39, 0.29) is 0 Å². The summed E-state index contributed by atoms with van der Waals surface area (Å²) in [6.45, 7) is 0.597. The zero-order valence-electron chi connectivity index (χ0n) is 8.47. The van der Waals surface area contributed by atoms with Crippen molar-refractivity contribution >= 4 is 0 Å². The Balaban J connectivity index is 2.05. The van der Waals surface area contributed by atoms with Gasteiger partial charge in [0.1, 0.15) is 0 Å². The van der Waals surface area contributed by atoms with Gasteiger partial charge in [0.25, 0.3) is 0 Å². The van der Waals surface area contributed by atoms with Crippen LogP contribution in [0.25, 0.3) is 0 Å². The minimum absolute atomic E-state index is 0.597. The van der Waals surface area contributed by atoms with Gasteiger partial charge < -0.3 is 9.84 Å². The highest BCUT2D eigenvalue weighted by molar-refractivity contribution is 5.13. The fraction of sp³-hybridized carbons (Fsp3) is 0.300. The Morgan fingerprint density at radius 2 is 2.40 bits per heavy atom. The van der Waals surface area contributed by atoms with Crippen LogP contribution >= 0.6 is 0 Å². The maximum Gasteiger partial charge on any atom is 0.240 e. The average Bonchev–Trinajstić information content (AvgIpc) is 2.68. The molecule has 5 nitrogen and oxygen atoms in total. The summed E-state index contributed by atoms with van der Waals surface area (Å²) in [7, 11) is 1.84. The fourth-order valence-corrected chi connectivity index (χ4v) is 1.27. The van der Waals surface area contributed by atoms with E-state index in [0.29, 0.717) is 24.7 Å². The lowest BCUT2D eigenvalue weighted by Crippen LogP contribution is -2.05. The molecule has 0 aliphatic heterocycles. The van der Waals surface area contributed by atoms with Crippen molar-refractivity contribution in [3.8, 4) is 0 Å². The molecule has 0 bridgehead atoms. The van der Waals surface area contributed by atoms with Crippen LogP contribution in [-0.2, 0) is 13.0 Å². The van der Waals surface area contributed by atoms with Crippen molar-refractivity contribution in [1.29, 1.82) is 0 Å². The molecule has 5 heteroatoms. The highest BCUT2D eigenvalue weighted by Crippen LogP contribution is 2.04. The second kappa shape index (κ2) is 4.65. The number of pyridine rings is 1. The number of rotatable bonds is 4. The third-order valence-corrected chi connectivity index (χ3v) is 1.92. The molecule has 1 N–H and O–H groups in total. The monoisotopic (exact) mass is 204 g/mol. The van der Waals surface area contributed by atoms with Crippen LogP contribution in [0.1, 0.15) is 17.3 Å². The molecule has 15 heavy (non-hydrogen) atoms. The van der Waals surface area contributed by atoms with Gasteiger partial charge in [-0.05, 0) is 18.7 Å². The second-order valence-corrected chi connectivity index (χ2v) is 3.17. The van der Waals surface area contributed by atoms with E-state index in [9.17, 15) is 0 Å². The zero-order chi connectivity index (χ0) is 10.5. The summed E-state index contributed by atoms with van der Waals surface area (Å²) in [4.78, 5) is 8.25. The van der Waals surface area contributed by atoms with E-state index >= 15 is 0 Å². The summed E-state index contributed by atoms with van der Waals surface area (Å²) in [5, 5.41) is 6.83. The van der Waals surface area contributed by atoms with Crippen molar-refractivity contribution in [1.82, 2.24) is 20.4 Å². The first-order chi connectivity index (χ1) is 7.38. The Bertz CT molecular complexity index is 412. The Hall–Kier alpha value is -1.75. The zero-order valence-corrected chi connectivity index (χ0v) is 8.47. The van der Waals surface area contributed by atoms with Gasteiger partial charge in [0.15, 0.2) is 5.82 Å². The van der Waals surface area contributed by atoms with Crippen LogP contribution in [0, 0.1) is 0 Å². The molecule has 78 valence electrons. The van der Waals surface area contributed by atoms with E-state index < -0.39 is 0 Å². The van der Waals surface area contributed by atoms with Gasteiger partial charge in [0.2, 0.25) is 5.89 Å². The molecule has 0 amide bonds. The van der Waals surface area contributed by atoms with E-state index in [1.807, 2.05) is 19.2 Å². The smallest absolute Gasteiger partial charge is 0.240 e. The van der Waals surface area contributed by atoms with Gasteiger partial charge in [-0.1, -0.05) is 11.2 Å². The van der Waals surface area contributed by atoms with E-state index in [4.69, 9.17) is 4.52 Å². The highest BCUT2D eigenvalue weighted by atomic mass is 16.5. The van der Waals surface area contributed by atoms with Gasteiger partial charge >= 0.3 is 0 Å². The lowest BCUT2D eigenvalue weighted by Gasteiger charge is -1.93. The molecule has 2 rings (SSSR count). The first kappa shape index (κ1) is 9.79. The van der Waals surface area contributed by atoms with Crippen LogP contribution in [0.5, 0.6) is 0 Å². The highest BCUT2D eigenvalue weighted by Gasteiger charge is 2.05. The topological polar surface area (TPSA) is 63.8 Å². The maximum absolute atomic E-state index is 5.03. The van der Waals surface area contributed by atoms with Crippen LogP contribution < -0.4 is 5.32 Å². The quantitative estimate of drug-likeness (QED) is 0.797. The second-order valence-electron chi connectivity index (χ2n) is 3.17. The summed E-state index contributed by atoms with van der Waals surface area (Å²) in [5.41, 5.74) is 1.08. The Kier molecular flexibility index (Phi) is 3.04. The summed E-state index contributed by atoms with van der Waals surface area (Å²) in [5.74, 6) is 1.30. The minimum Gasteiger partial charge on any atom is -0.338 e. The van der Waals surface area contributed by atoms with Gasteiger partial charge in [0, 0.05) is 18.8 Å². The van der Waals surface area contributed by atoms with Crippen molar-refractivity contribution in [3.63, 3.8) is 0 Å². The molecule has 0 radical (unpaired) electrons. The maximum atomic E-state index is 5.03. The lowest BCUT2D eigenvalue weighted by atomic mass is 10.2. The molecule has 0 saturated carbocycles. The van der Waals surface area contributed by atoms with Crippen LogP contribution in [0.4, 0.5) is 0 Å². The predicted octanol–water partition coefficient (Wildman–Crippen LogP) is 0.775. The molecule has 0 fully saturated rings. The SMILES string of the molecule is CNCc1nc(Cc2cccnc2)no1. The first-order valence-electron chi connectivity index (χ1n) is 4.73. The molecule has 2 aromatic heterocycles.